The molecular formula is C16H20N6O5. The zero-order valence-electron chi connectivity index (χ0n) is 14.9. The summed E-state index contributed by atoms with van der Waals surface area (Å²) in [5.74, 6) is -0.0232. The minimum absolute atomic E-state index is 0.0488. The standard InChI is InChI=1S/C16H20N6O5/c1-3-21(8-9-23)15-13(22(25)26)14(17-10-18-15)19-20-16(24)11-4-6-12(27-2)7-5-11/h4-7,10,23H,3,8-9H2,1-2H3,(H,20,24)(H,17,18,19). The van der Waals surface area contributed by atoms with Crippen molar-refractivity contribution in [3.63, 3.8) is 0 Å². The minimum Gasteiger partial charge on any atom is -0.497 e. The lowest BCUT2D eigenvalue weighted by Gasteiger charge is -2.20. The van der Waals surface area contributed by atoms with E-state index in [0.717, 1.165) is 6.33 Å². The molecule has 11 heteroatoms. The van der Waals surface area contributed by atoms with Gasteiger partial charge >= 0.3 is 5.69 Å². The third-order valence-electron chi connectivity index (χ3n) is 3.68. The molecule has 3 N–H and O–H groups in total. The van der Waals surface area contributed by atoms with E-state index in [1.165, 1.54) is 12.0 Å². The summed E-state index contributed by atoms with van der Waals surface area (Å²) in [4.78, 5) is 32.4. The molecule has 0 spiro atoms. The lowest BCUT2D eigenvalue weighted by atomic mass is 10.2. The van der Waals surface area contributed by atoms with Crippen molar-refractivity contribution < 1.29 is 19.6 Å². The minimum atomic E-state index is -0.642. The number of carbonyl (C=O) groups excluding carboxylic acids is 1. The molecule has 11 nitrogen and oxygen atoms in total. The smallest absolute Gasteiger partial charge is 0.355 e. The fourth-order valence-electron chi connectivity index (χ4n) is 2.33. The van der Waals surface area contributed by atoms with Crippen LogP contribution < -0.4 is 20.5 Å². The summed E-state index contributed by atoms with van der Waals surface area (Å²) in [6.07, 6.45) is 1.14. The predicted molar refractivity (Wildman–Crippen MR) is 97.7 cm³/mol. The molecule has 0 fully saturated rings. The van der Waals surface area contributed by atoms with Crippen LogP contribution in [0.2, 0.25) is 0 Å². The van der Waals surface area contributed by atoms with E-state index in [0.29, 0.717) is 17.9 Å². The van der Waals surface area contributed by atoms with Gasteiger partial charge in [-0.1, -0.05) is 0 Å². The highest BCUT2D eigenvalue weighted by Gasteiger charge is 2.26. The number of amides is 1. The molecule has 0 saturated carbocycles. The number of ether oxygens (including phenoxy) is 1. The summed E-state index contributed by atoms with van der Waals surface area (Å²) in [7, 11) is 1.51. The Morgan fingerprint density at radius 3 is 2.59 bits per heavy atom. The zero-order valence-corrected chi connectivity index (χ0v) is 14.9. The Morgan fingerprint density at radius 1 is 1.33 bits per heavy atom. The number of nitro groups is 1. The van der Waals surface area contributed by atoms with Gasteiger partial charge in [-0.25, -0.2) is 9.97 Å². The Hall–Kier alpha value is -3.47. The van der Waals surface area contributed by atoms with Gasteiger partial charge < -0.3 is 14.7 Å². The second-order valence-corrected chi connectivity index (χ2v) is 5.26. The van der Waals surface area contributed by atoms with Crippen molar-refractivity contribution in [2.75, 3.05) is 37.1 Å². The number of hydrogen-bond acceptors (Lipinski definition) is 9. The van der Waals surface area contributed by atoms with Crippen LogP contribution in [0.15, 0.2) is 30.6 Å². The zero-order chi connectivity index (χ0) is 19.8. The van der Waals surface area contributed by atoms with Gasteiger partial charge in [0.15, 0.2) is 0 Å². The number of rotatable bonds is 9. The molecule has 2 aromatic rings. The average molecular weight is 376 g/mol. The molecule has 0 radical (unpaired) electrons. The van der Waals surface area contributed by atoms with Gasteiger partial charge in [-0.3, -0.25) is 25.8 Å². The molecule has 0 aliphatic heterocycles. The van der Waals surface area contributed by atoms with E-state index >= 15 is 0 Å². The van der Waals surface area contributed by atoms with Crippen molar-refractivity contribution in [1.29, 1.82) is 0 Å². The van der Waals surface area contributed by atoms with Gasteiger partial charge in [0.2, 0.25) is 11.6 Å². The number of aromatic nitrogens is 2. The third-order valence-corrected chi connectivity index (χ3v) is 3.68. The van der Waals surface area contributed by atoms with E-state index in [-0.39, 0.29) is 24.8 Å². The molecule has 0 atom stereocenters. The van der Waals surface area contributed by atoms with Crippen LogP contribution in [0.4, 0.5) is 17.3 Å². The topological polar surface area (TPSA) is 143 Å². The molecule has 2 rings (SSSR count). The molecular weight excluding hydrogens is 356 g/mol. The molecule has 1 amide bonds. The first-order chi connectivity index (χ1) is 13.0. The van der Waals surface area contributed by atoms with Gasteiger partial charge in [0.05, 0.1) is 18.6 Å². The van der Waals surface area contributed by atoms with Gasteiger partial charge in [-0.2, -0.15) is 0 Å². The van der Waals surface area contributed by atoms with Crippen molar-refractivity contribution in [3.05, 3.63) is 46.3 Å². The monoisotopic (exact) mass is 376 g/mol. The van der Waals surface area contributed by atoms with Crippen molar-refractivity contribution >= 4 is 23.2 Å². The summed E-state index contributed by atoms with van der Waals surface area (Å²) in [5.41, 5.74) is 4.77. The number of nitrogens with zero attached hydrogens (tertiary/aromatic N) is 4. The van der Waals surface area contributed by atoms with Crippen LogP contribution in [0.5, 0.6) is 5.75 Å². The van der Waals surface area contributed by atoms with Crippen LogP contribution in [0.25, 0.3) is 0 Å². The molecule has 1 heterocycles. The SMILES string of the molecule is CCN(CCO)c1ncnc(NNC(=O)c2ccc(OC)cc2)c1[N+](=O)[O-]. The molecule has 0 saturated heterocycles. The van der Waals surface area contributed by atoms with E-state index in [2.05, 4.69) is 20.8 Å². The Morgan fingerprint density at radius 2 is 2.04 bits per heavy atom. The number of aliphatic hydroxyl groups excluding tert-OH is 1. The third kappa shape index (κ3) is 4.79. The fraction of sp³-hybridized carbons (Fsp3) is 0.312. The summed E-state index contributed by atoms with van der Waals surface area (Å²) in [5, 5.41) is 20.7. The van der Waals surface area contributed by atoms with Crippen molar-refractivity contribution in [1.82, 2.24) is 15.4 Å². The number of likely N-dealkylation sites (N-methyl/N-ethyl adjacent to an activating group) is 1. The first-order valence-corrected chi connectivity index (χ1v) is 8.07. The van der Waals surface area contributed by atoms with Gasteiger partial charge in [0.25, 0.3) is 5.91 Å². The maximum atomic E-state index is 12.2. The van der Waals surface area contributed by atoms with E-state index in [1.807, 2.05) is 0 Å². The Balaban J connectivity index is 2.22. The van der Waals surface area contributed by atoms with Gasteiger partial charge in [-0.05, 0) is 31.2 Å². The number of hydrazine groups is 1. The van der Waals surface area contributed by atoms with Crippen LogP contribution in [-0.2, 0) is 0 Å². The number of hydrogen-bond donors (Lipinski definition) is 3. The number of anilines is 2. The van der Waals surface area contributed by atoms with E-state index < -0.39 is 16.5 Å². The lowest BCUT2D eigenvalue weighted by Crippen LogP contribution is -2.32. The molecule has 0 unspecified atom stereocenters. The van der Waals surface area contributed by atoms with Gasteiger partial charge in [-0.15, -0.1) is 0 Å². The second kappa shape index (κ2) is 9.29. The highest BCUT2D eigenvalue weighted by Crippen LogP contribution is 2.31. The van der Waals surface area contributed by atoms with Crippen LogP contribution in [0.3, 0.4) is 0 Å². The quantitative estimate of drug-likeness (QED) is 0.431. The molecule has 0 aliphatic carbocycles. The molecule has 0 aliphatic rings. The van der Waals surface area contributed by atoms with Crippen molar-refractivity contribution in [2.24, 2.45) is 0 Å². The van der Waals surface area contributed by atoms with Crippen LogP contribution >= 0.6 is 0 Å². The number of nitrogens with one attached hydrogen (secondary N) is 2. The second-order valence-electron chi connectivity index (χ2n) is 5.26. The first-order valence-electron chi connectivity index (χ1n) is 8.07. The van der Waals surface area contributed by atoms with Crippen molar-refractivity contribution in [2.45, 2.75) is 6.92 Å². The largest absolute Gasteiger partial charge is 0.497 e. The van der Waals surface area contributed by atoms with Crippen LogP contribution in [0, 0.1) is 10.1 Å². The van der Waals surface area contributed by atoms with E-state index in [1.54, 1.807) is 31.2 Å². The average Bonchev–Trinajstić information content (AvgIpc) is 2.69. The fourth-order valence-corrected chi connectivity index (χ4v) is 2.33. The normalized spacial score (nSPS) is 10.2. The van der Waals surface area contributed by atoms with Crippen LogP contribution in [-0.4, -0.2) is 52.7 Å². The summed E-state index contributed by atoms with van der Waals surface area (Å²) in [6, 6.07) is 6.34. The lowest BCUT2D eigenvalue weighted by molar-refractivity contribution is -0.383. The number of aliphatic hydroxyl groups is 1. The Bertz CT molecular complexity index is 798. The summed E-state index contributed by atoms with van der Waals surface area (Å²) < 4.78 is 5.02. The van der Waals surface area contributed by atoms with Gasteiger partial charge in [0, 0.05) is 18.7 Å². The molecule has 0 bridgehead atoms. The molecule has 1 aromatic heterocycles. The summed E-state index contributed by atoms with van der Waals surface area (Å²) >= 11 is 0. The maximum absolute atomic E-state index is 12.2. The van der Waals surface area contributed by atoms with E-state index in [4.69, 9.17) is 9.84 Å². The van der Waals surface area contributed by atoms with Crippen molar-refractivity contribution in [3.8, 4) is 5.75 Å². The summed E-state index contributed by atoms with van der Waals surface area (Å²) in [6.45, 7) is 2.16. The first kappa shape index (κ1) is 19.8. The highest BCUT2D eigenvalue weighted by molar-refractivity contribution is 5.95. The molecule has 1 aromatic carbocycles. The maximum Gasteiger partial charge on any atom is 0.355 e. The predicted octanol–water partition coefficient (Wildman–Crippen LogP) is 0.969. The molecule has 144 valence electrons. The Kier molecular flexibility index (Phi) is 6.83. The highest BCUT2D eigenvalue weighted by atomic mass is 16.6. The van der Waals surface area contributed by atoms with Gasteiger partial charge in [0.1, 0.15) is 12.1 Å². The number of benzene rings is 1. The number of methoxy groups -OCH3 is 1. The van der Waals surface area contributed by atoms with Crippen LogP contribution in [0.1, 0.15) is 17.3 Å². The number of carbonyl (C=O) groups is 1. The Labute approximate surface area is 155 Å². The van der Waals surface area contributed by atoms with E-state index in [9.17, 15) is 14.9 Å². The molecule has 27 heavy (non-hydrogen) atoms.